The van der Waals surface area contributed by atoms with Crippen molar-refractivity contribution in [3.63, 3.8) is 0 Å². The molecule has 14 heteroatoms. The minimum absolute atomic E-state index is 0. The summed E-state index contributed by atoms with van der Waals surface area (Å²) in [5.41, 5.74) is 2.31. The molecule has 0 amide bonds. The molecule has 8 nitrogen and oxygen atoms in total. The Kier molecular flexibility index (Phi) is 32.3. The summed E-state index contributed by atoms with van der Waals surface area (Å²) in [6.07, 6.45) is 3.08. The second kappa shape index (κ2) is 25.0. The summed E-state index contributed by atoms with van der Waals surface area (Å²) in [5, 5.41) is 26.1. The first-order chi connectivity index (χ1) is 13.7. The number of aliphatic hydroxyl groups excluding tert-OH is 2. The molecule has 0 aromatic carbocycles. The maximum atomic E-state index is 11.9. The van der Waals surface area contributed by atoms with Crippen LogP contribution in [0.2, 0.25) is 0 Å². The molecule has 0 radical (unpaired) electrons. The number of halogens is 2. The van der Waals surface area contributed by atoms with Crippen molar-refractivity contribution in [3.05, 3.63) is 22.8 Å². The van der Waals surface area contributed by atoms with E-state index in [1.165, 1.54) is 5.57 Å². The van der Waals surface area contributed by atoms with E-state index in [2.05, 4.69) is 4.74 Å². The van der Waals surface area contributed by atoms with Gasteiger partial charge in [0.05, 0.1) is 39.6 Å². The Labute approximate surface area is 247 Å². The van der Waals surface area contributed by atoms with Crippen LogP contribution in [-0.4, -0.2) is 75.4 Å². The van der Waals surface area contributed by atoms with Crippen molar-refractivity contribution in [1.29, 1.82) is 0 Å². The Bertz CT molecular complexity index is 606. The third-order valence-corrected chi connectivity index (χ3v) is 8.46. The van der Waals surface area contributed by atoms with E-state index in [0.29, 0.717) is 32.1 Å². The van der Waals surface area contributed by atoms with Crippen molar-refractivity contribution < 1.29 is 110 Å². The van der Waals surface area contributed by atoms with E-state index >= 15 is 0 Å². The minimum Gasteiger partial charge on any atom is -1.00 e. The molecular weight excluding hydrogens is 523 g/mol. The summed E-state index contributed by atoms with van der Waals surface area (Å²) in [6, 6.07) is 0. The molecule has 0 bridgehead atoms. The van der Waals surface area contributed by atoms with Crippen LogP contribution in [0.3, 0.4) is 0 Å². The van der Waals surface area contributed by atoms with Gasteiger partial charge < -0.3 is 46.3 Å². The second-order valence-electron chi connectivity index (χ2n) is 6.54. The zero-order valence-corrected chi connectivity index (χ0v) is 26.9. The first-order valence-electron chi connectivity index (χ1n) is 9.51. The van der Waals surface area contributed by atoms with E-state index in [9.17, 15) is 14.2 Å². The van der Waals surface area contributed by atoms with E-state index in [1.54, 1.807) is 11.6 Å². The topological polar surface area (TPSA) is 125 Å². The number of ether oxygens (including phenoxy) is 2. The third kappa shape index (κ3) is 24.0. The predicted octanol–water partition coefficient (Wildman–Crippen LogP) is -6.22. The van der Waals surface area contributed by atoms with Crippen LogP contribution in [0.25, 0.3) is 0 Å². The van der Waals surface area contributed by atoms with Crippen molar-refractivity contribution in [3.8, 4) is 0 Å². The number of rotatable bonds is 10. The smallest absolute Gasteiger partial charge is 1.00 e. The monoisotopic (exact) mass is 556 g/mol. The Morgan fingerprint density at radius 1 is 0.906 bits per heavy atom. The maximum absolute atomic E-state index is 11.9. The molecule has 2 unspecified atom stereocenters. The van der Waals surface area contributed by atoms with Crippen LogP contribution < -0.4 is 76.6 Å². The number of allylic oxidation sites excluding steroid dienone is 2. The first-order valence-corrected chi connectivity index (χ1v) is 14.3. The van der Waals surface area contributed by atoms with Gasteiger partial charge in [-0.25, -0.2) is 0 Å². The van der Waals surface area contributed by atoms with Gasteiger partial charge in [0.1, 0.15) is 0 Å². The normalized spacial score (nSPS) is 23.1. The fraction of sp³-hybridized carbons (Fsp3) is 0.778. The molecule has 180 valence electrons. The van der Waals surface area contributed by atoms with Gasteiger partial charge in [0.15, 0.2) is 6.49 Å². The molecule has 2 heterocycles. The Morgan fingerprint density at radius 3 is 1.75 bits per heavy atom. The van der Waals surface area contributed by atoms with Crippen LogP contribution in [0.15, 0.2) is 22.8 Å². The number of hydrogen-bond donors (Lipinski definition) is 2. The molecular formula is C18H34Cl2Na2O8P2. The number of hydrogen-bond acceptors (Lipinski definition) is 8. The molecule has 0 saturated carbocycles. The average Bonchev–Trinajstić information content (AvgIpc) is 3.16. The molecule has 0 spiro atoms. The molecule has 0 aromatic rings. The van der Waals surface area contributed by atoms with Crippen LogP contribution in [-0.2, 0) is 23.1 Å². The first kappa shape index (κ1) is 41.4. The van der Waals surface area contributed by atoms with Crippen molar-refractivity contribution >= 4 is 25.1 Å². The maximum Gasteiger partial charge on any atom is 1.00 e. The molecule has 0 fully saturated rings. The third-order valence-electron chi connectivity index (χ3n) is 3.70. The summed E-state index contributed by atoms with van der Waals surface area (Å²) >= 11 is 5.54. The molecule has 2 aliphatic heterocycles. The molecule has 2 rings (SSSR count). The largest absolute Gasteiger partial charge is 1.00 e. The van der Waals surface area contributed by atoms with Gasteiger partial charge in [-0.1, -0.05) is 11.1 Å². The van der Waals surface area contributed by atoms with E-state index in [1.807, 2.05) is 13.8 Å². The zero-order chi connectivity index (χ0) is 22.2. The molecule has 32 heavy (non-hydrogen) atoms. The van der Waals surface area contributed by atoms with E-state index in [-0.39, 0.29) is 105 Å². The van der Waals surface area contributed by atoms with Gasteiger partial charge in [0.25, 0.3) is 0 Å². The zero-order valence-electron chi connectivity index (χ0n) is 19.6. The Morgan fingerprint density at radius 2 is 1.41 bits per heavy atom. The minimum atomic E-state index is -2.48. The van der Waals surface area contributed by atoms with Crippen LogP contribution in [0.5, 0.6) is 0 Å². The van der Waals surface area contributed by atoms with Crippen LogP contribution in [0.4, 0.5) is 0 Å². The summed E-state index contributed by atoms with van der Waals surface area (Å²) in [6.45, 7) is 2.94. The van der Waals surface area contributed by atoms with Crippen molar-refractivity contribution in [2.75, 3.05) is 65.2 Å². The molecule has 0 aliphatic carbocycles. The van der Waals surface area contributed by atoms with E-state index < -0.39 is 13.9 Å². The second-order valence-corrected chi connectivity index (χ2v) is 12.8. The standard InChI is InChI=1S/C9H17O4P.C5H8ClOP.C4H9O3.ClH.2Na/c1-9-2-7-14(11,8-9)13-6-5-12-4-3-10;1-5-2-3-8(6,7)4-5;5-1-3-7-4-2-6;;;/h8,10H,2-7H2,1H3;4H,2-3H2,1H3;5H,1-4H2;1H;;/q;;-1;;2*+1/p-1. The molecule has 0 saturated heterocycles. The van der Waals surface area contributed by atoms with Gasteiger partial charge in [-0.15, -0.1) is 6.61 Å². The Balaban J connectivity index is -0.000000189. The predicted molar refractivity (Wildman–Crippen MR) is 114 cm³/mol. The van der Waals surface area contributed by atoms with Crippen molar-refractivity contribution in [2.45, 2.75) is 26.7 Å². The molecule has 2 N–H and O–H groups in total. The SMILES string of the molecule is CC1=CP(=O)(Cl)CC1.CC1=CP(=O)(OCCOCCO)CC1.[Cl-].[Na+].[Na+].[O-]CCOCCO. The summed E-state index contributed by atoms with van der Waals surface area (Å²) in [5.74, 6) is 3.45. The number of aliphatic hydroxyl groups is 2. The van der Waals surface area contributed by atoms with Crippen LogP contribution in [0.1, 0.15) is 26.7 Å². The van der Waals surface area contributed by atoms with E-state index in [0.717, 1.165) is 18.4 Å². The summed E-state index contributed by atoms with van der Waals surface area (Å²) in [7, 11) is -2.48. The van der Waals surface area contributed by atoms with Gasteiger partial charge >= 0.3 is 59.1 Å². The van der Waals surface area contributed by atoms with Gasteiger partial charge in [-0.2, -0.15) is 0 Å². The average molecular weight is 557 g/mol. The molecule has 2 atom stereocenters. The van der Waals surface area contributed by atoms with Crippen molar-refractivity contribution in [1.82, 2.24) is 0 Å². The van der Waals surface area contributed by atoms with Crippen LogP contribution >= 0.6 is 25.1 Å². The van der Waals surface area contributed by atoms with Gasteiger partial charge in [-0.3, -0.25) is 4.57 Å². The van der Waals surface area contributed by atoms with Gasteiger partial charge in [0.2, 0.25) is 7.37 Å². The van der Waals surface area contributed by atoms with Gasteiger partial charge in [-0.05, 0) is 49.6 Å². The van der Waals surface area contributed by atoms with Crippen LogP contribution in [0, 0.1) is 0 Å². The summed E-state index contributed by atoms with van der Waals surface area (Å²) < 4.78 is 37.6. The van der Waals surface area contributed by atoms with Gasteiger partial charge in [0, 0.05) is 18.9 Å². The molecule has 2 aliphatic rings. The van der Waals surface area contributed by atoms with E-state index in [4.69, 9.17) is 30.7 Å². The quantitative estimate of drug-likeness (QED) is 0.155. The Hall–Kier alpha value is 2.28. The fourth-order valence-electron chi connectivity index (χ4n) is 2.33. The molecule has 0 aromatic heterocycles. The van der Waals surface area contributed by atoms with Crippen molar-refractivity contribution in [2.24, 2.45) is 0 Å². The summed E-state index contributed by atoms with van der Waals surface area (Å²) in [4.78, 5) is 0. The fourth-order valence-corrected chi connectivity index (χ4v) is 6.84.